The highest BCUT2D eigenvalue weighted by atomic mass is 16.5. The number of benzene rings is 1. The number of phenolic OH excluding ortho intramolecular Hbond substituents is 1. The van der Waals surface area contributed by atoms with Gasteiger partial charge >= 0.3 is 0 Å². The second kappa shape index (κ2) is 17.2. The Bertz CT molecular complexity index is 1250. The Hall–Kier alpha value is -2.53. The molecule has 1 aromatic carbocycles. The van der Waals surface area contributed by atoms with E-state index >= 15 is 0 Å². The first-order chi connectivity index (χ1) is 22.8. The van der Waals surface area contributed by atoms with Crippen molar-refractivity contribution in [3.8, 4) is 11.5 Å². The summed E-state index contributed by atoms with van der Waals surface area (Å²) in [6.07, 6.45) is 15.9. The number of aromatic hydroxyl groups is 1. The first kappa shape index (κ1) is 35.8. The summed E-state index contributed by atoms with van der Waals surface area (Å²) in [5.74, 6) is 3.62. The smallest absolute Gasteiger partial charge is 0.196 e. The highest BCUT2D eigenvalue weighted by molar-refractivity contribution is 6.03. The topological polar surface area (TPSA) is 131 Å². The number of allylic oxidation sites excluding steroid dienone is 1. The van der Waals surface area contributed by atoms with E-state index in [1.165, 1.54) is 37.3 Å². The lowest BCUT2D eigenvalue weighted by atomic mass is 9.72. The molecule has 0 saturated heterocycles. The Morgan fingerprint density at radius 1 is 1.19 bits per heavy atom. The van der Waals surface area contributed by atoms with Gasteiger partial charge in [-0.15, -0.1) is 16.6 Å². The van der Waals surface area contributed by atoms with E-state index < -0.39 is 6.10 Å². The summed E-state index contributed by atoms with van der Waals surface area (Å²) in [6, 6.07) is 5.66. The maximum absolute atomic E-state index is 10.7. The zero-order valence-electron chi connectivity index (χ0n) is 29.0. The molecule has 4 aliphatic rings. The number of nitrogens with one attached hydrogen (secondary N) is 3. The van der Waals surface area contributed by atoms with Crippen molar-refractivity contribution in [2.45, 2.75) is 102 Å². The fourth-order valence-corrected chi connectivity index (χ4v) is 8.15. The normalized spacial score (nSPS) is 25.9. The average molecular weight is 652 g/mol. The molecule has 9 heteroatoms. The van der Waals surface area contributed by atoms with E-state index in [4.69, 9.17) is 14.5 Å². The van der Waals surface area contributed by atoms with Gasteiger partial charge in [0.1, 0.15) is 30.4 Å². The van der Waals surface area contributed by atoms with Gasteiger partial charge in [-0.3, -0.25) is 5.32 Å². The first-order valence-corrected chi connectivity index (χ1v) is 18.1. The van der Waals surface area contributed by atoms with E-state index in [9.17, 15) is 15.3 Å². The Morgan fingerprint density at radius 3 is 2.79 bits per heavy atom. The summed E-state index contributed by atoms with van der Waals surface area (Å²) in [5.41, 5.74) is 4.28. The van der Waals surface area contributed by atoms with Gasteiger partial charge in [0.2, 0.25) is 0 Å². The Morgan fingerprint density at radius 2 is 2.04 bits per heavy atom. The van der Waals surface area contributed by atoms with E-state index in [-0.39, 0.29) is 30.5 Å². The van der Waals surface area contributed by atoms with Crippen LogP contribution in [0.15, 0.2) is 46.6 Å². The number of rotatable bonds is 18. The third kappa shape index (κ3) is 8.94. The van der Waals surface area contributed by atoms with Gasteiger partial charge in [-0.25, -0.2) is 0 Å². The lowest BCUT2D eigenvalue weighted by Crippen LogP contribution is -2.50. The number of hydrogen-bond acceptors (Lipinski definition) is 8. The molecule has 2 fully saturated rings. The highest BCUT2D eigenvalue weighted by Crippen LogP contribution is 2.49. The highest BCUT2D eigenvalue weighted by Gasteiger charge is 2.52. The van der Waals surface area contributed by atoms with Crippen LogP contribution in [-0.2, 0) is 6.42 Å². The number of ether oxygens (including phenoxy) is 2. The van der Waals surface area contributed by atoms with Crippen LogP contribution in [0.25, 0.3) is 0 Å². The van der Waals surface area contributed by atoms with Crippen LogP contribution in [0.5, 0.6) is 11.5 Å². The van der Waals surface area contributed by atoms with Crippen LogP contribution in [0.4, 0.5) is 0 Å². The first-order valence-electron chi connectivity index (χ1n) is 18.1. The molecule has 2 aliphatic carbocycles. The van der Waals surface area contributed by atoms with Crippen molar-refractivity contribution in [3.05, 3.63) is 59.2 Å². The minimum Gasteiger partial charge on any atom is -0.504 e. The van der Waals surface area contributed by atoms with Crippen LogP contribution in [0, 0.1) is 29.8 Å². The lowest BCUT2D eigenvalue weighted by molar-refractivity contribution is -0.0550. The standard InChI is InChI=1S/C38H58N4O5/c1-5-6-10-36-27(22-43)18-28(47-36)14-11-25-12-16-35(45)37(17-25)46-23-34(40-4)32-19-30-31(42-32)15-13-26-8-7-9-29(26)38(30)33(21-39-3)41-20-24(2)44/h12,16-19,24,26,29,33-34,36,38-41,43-44,47H,5-11,13-15,20-23H2,1-4H3/p+1. The minimum absolute atomic E-state index is 0.0601. The number of likely N-dealkylation sites (N-methyl/N-ethyl adjacent to an activating group) is 2. The predicted molar refractivity (Wildman–Crippen MR) is 188 cm³/mol. The molecule has 2 heterocycles. The minimum atomic E-state index is -0.400. The van der Waals surface area contributed by atoms with Crippen molar-refractivity contribution >= 4 is 5.71 Å². The summed E-state index contributed by atoms with van der Waals surface area (Å²) >= 11 is 0. The van der Waals surface area contributed by atoms with E-state index in [0.29, 0.717) is 30.7 Å². The SMILES string of the molecule is CCCCC1[OH+][C-](CCc2ccc(O)c(OCC(NC)C3=C[C+]4C(=N3)CCC3CCCC3C4C(CNC)NCC(C)O)c2)C=C1CO. The average Bonchev–Trinajstić information content (AvgIpc) is 3.79. The van der Waals surface area contributed by atoms with E-state index in [0.717, 1.165) is 73.9 Å². The summed E-state index contributed by atoms with van der Waals surface area (Å²) in [7, 11) is 3.94. The fourth-order valence-electron chi connectivity index (χ4n) is 8.15. The molecule has 7 unspecified atom stereocenters. The molecule has 47 heavy (non-hydrogen) atoms. The van der Waals surface area contributed by atoms with E-state index in [1.54, 1.807) is 6.07 Å². The van der Waals surface area contributed by atoms with Gasteiger partial charge in [-0.1, -0.05) is 32.3 Å². The van der Waals surface area contributed by atoms with Crippen LogP contribution in [0.1, 0.15) is 77.2 Å². The van der Waals surface area contributed by atoms with Gasteiger partial charge in [0.25, 0.3) is 0 Å². The van der Waals surface area contributed by atoms with E-state index in [2.05, 4.69) is 35.0 Å². The largest absolute Gasteiger partial charge is 0.504 e. The molecule has 0 radical (unpaired) electrons. The van der Waals surface area contributed by atoms with Gasteiger partial charge in [0.15, 0.2) is 23.2 Å². The predicted octanol–water partition coefficient (Wildman–Crippen LogP) is 4.14. The molecule has 0 amide bonds. The molecule has 2 aliphatic heterocycles. The molecular weight excluding hydrogens is 592 g/mol. The van der Waals surface area contributed by atoms with Crippen molar-refractivity contribution in [1.29, 1.82) is 0 Å². The van der Waals surface area contributed by atoms with Crippen LogP contribution in [-0.4, -0.2) is 90.5 Å². The zero-order valence-corrected chi connectivity index (χ0v) is 29.0. The second-order valence-electron chi connectivity index (χ2n) is 14.0. The molecule has 9 nitrogen and oxygen atoms in total. The monoisotopic (exact) mass is 651 g/mol. The zero-order chi connectivity index (χ0) is 33.3. The number of aryl methyl sites for hydroxylation is 1. The molecular formula is C38H59N4O5+. The van der Waals surface area contributed by atoms with Crippen LogP contribution >= 0.6 is 0 Å². The number of aliphatic hydroxyl groups is 4. The molecule has 260 valence electrons. The molecule has 7 atom stereocenters. The Labute approximate surface area is 282 Å². The molecule has 0 aromatic heterocycles. The number of fused-ring (bicyclic) bond motifs is 2. The number of phenols is 1. The second-order valence-corrected chi connectivity index (χ2v) is 14.0. The lowest BCUT2D eigenvalue weighted by Gasteiger charge is -2.33. The molecule has 7 N–H and O–H groups in total. The Balaban J connectivity index is 1.25. The van der Waals surface area contributed by atoms with Crippen molar-refractivity contribution in [2.75, 3.05) is 40.4 Å². The third-order valence-corrected chi connectivity index (χ3v) is 10.6. The summed E-state index contributed by atoms with van der Waals surface area (Å²) in [4.78, 5) is 5.22. The van der Waals surface area contributed by atoms with Gasteiger partial charge in [0, 0.05) is 38.6 Å². The van der Waals surface area contributed by atoms with Crippen LogP contribution in [0.2, 0.25) is 0 Å². The van der Waals surface area contributed by atoms with Crippen molar-refractivity contribution in [3.63, 3.8) is 0 Å². The van der Waals surface area contributed by atoms with Gasteiger partial charge < -0.3 is 35.4 Å². The fraction of sp³-hybridized carbons (Fsp3) is 0.658. The van der Waals surface area contributed by atoms with Crippen LogP contribution in [0.3, 0.4) is 0 Å². The number of nitrogens with zero attached hydrogens (tertiary/aromatic N) is 1. The third-order valence-electron chi connectivity index (χ3n) is 10.6. The number of aliphatic hydroxyl groups excluding tert-OH is 2. The molecule has 2 saturated carbocycles. The summed E-state index contributed by atoms with van der Waals surface area (Å²) < 4.78 is 11.2. The van der Waals surface area contributed by atoms with Crippen molar-refractivity contribution in [2.24, 2.45) is 22.7 Å². The molecule has 0 bridgehead atoms. The quantitative estimate of drug-likeness (QED) is 0.104. The Kier molecular flexibility index (Phi) is 13.1. The van der Waals surface area contributed by atoms with Gasteiger partial charge in [0.05, 0.1) is 18.1 Å². The summed E-state index contributed by atoms with van der Waals surface area (Å²) in [5, 5.41) is 41.1. The van der Waals surface area contributed by atoms with Gasteiger partial charge in [-0.05, 0) is 82.7 Å². The summed E-state index contributed by atoms with van der Waals surface area (Å²) in [6.45, 7) is 5.82. The van der Waals surface area contributed by atoms with E-state index in [1.807, 2.05) is 33.2 Å². The molecule has 0 spiro atoms. The van der Waals surface area contributed by atoms with Crippen molar-refractivity contribution in [1.82, 2.24) is 16.0 Å². The molecule has 1 aromatic rings. The number of aliphatic imine (C=N–C) groups is 1. The van der Waals surface area contributed by atoms with Crippen LogP contribution < -0.4 is 20.7 Å². The maximum Gasteiger partial charge on any atom is 0.196 e. The molecule has 5 rings (SSSR count). The van der Waals surface area contributed by atoms with Crippen molar-refractivity contribution < 1.29 is 24.8 Å². The number of hydrogen-bond donors (Lipinski definition) is 6. The maximum atomic E-state index is 10.7. The number of unbranched alkanes of at least 4 members (excludes halogenated alkanes) is 1. The van der Waals surface area contributed by atoms with Gasteiger partial charge in [-0.2, -0.15) is 0 Å².